The number of alkyl halides is 3. The molecule has 0 aromatic carbocycles. The van der Waals surface area contributed by atoms with E-state index in [9.17, 15) is 18.0 Å². The Labute approximate surface area is 146 Å². The second-order valence-corrected chi connectivity index (χ2v) is 6.70. The minimum absolute atomic E-state index is 0.102. The highest BCUT2D eigenvalue weighted by molar-refractivity contribution is 7.09. The van der Waals surface area contributed by atoms with Crippen LogP contribution in [0.4, 0.5) is 19.0 Å². The zero-order valence-corrected chi connectivity index (χ0v) is 14.3. The Bertz CT molecular complexity index is 762. The topological polar surface area (TPSA) is 58.1 Å². The van der Waals surface area contributed by atoms with Crippen molar-refractivity contribution in [3.63, 3.8) is 0 Å². The highest BCUT2D eigenvalue weighted by Gasteiger charge is 2.35. The second-order valence-electron chi connectivity index (χ2n) is 5.81. The summed E-state index contributed by atoms with van der Waals surface area (Å²) in [6.07, 6.45) is -1.24. The fourth-order valence-corrected chi connectivity index (χ4v) is 3.89. The Morgan fingerprint density at radius 3 is 2.92 bits per heavy atom. The summed E-state index contributed by atoms with van der Waals surface area (Å²) >= 11 is 1.04. The van der Waals surface area contributed by atoms with E-state index in [2.05, 4.69) is 15.3 Å². The molecule has 1 aliphatic heterocycles. The fraction of sp³-hybridized carbons (Fsp3) is 0.438. The Morgan fingerprint density at radius 2 is 2.24 bits per heavy atom. The van der Waals surface area contributed by atoms with Crippen LogP contribution in [-0.2, 0) is 6.18 Å². The molecular weight excluding hydrogens is 353 g/mol. The number of nitrogens with one attached hydrogen (secondary N) is 1. The summed E-state index contributed by atoms with van der Waals surface area (Å²) in [6.45, 7) is 1.20. The first kappa shape index (κ1) is 17.7. The molecule has 0 saturated carbocycles. The lowest BCUT2D eigenvalue weighted by Crippen LogP contribution is -2.36. The van der Waals surface area contributed by atoms with Crippen molar-refractivity contribution in [2.45, 2.75) is 24.9 Å². The van der Waals surface area contributed by atoms with Gasteiger partial charge in [-0.05, 0) is 25.0 Å². The standard InChI is InChI=1S/C16H17F3N4OS/c1-20-14(24)11-5-2-6-21-13(11)23-7-3-4-10(8-23)15-22-12(9-25-15)16(17,18)19/h2,5-6,9-10H,3-4,7-8H2,1H3,(H,20,24). The van der Waals surface area contributed by atoms with Gasteiger partial charge in [0.05, 0.1) is 10.6 Å². The summed E-state index contributed by atoms with van der Waals surface area (Å²) in [5.41, 5.74) is -0.380. The lowest BCUT2D eigenvalue weighted by atomic mass is 9.98. The van der Waals surface area contributed by atoms with Crippen LogP contribution in [0.3, 0.4) is 0 Å². The van der Waals surface area contributed by atoms with Gasteiger partial charge in [-0.3, -0.25) is 4.79 Å². The third-order valence-electron chi connectivity index (χ3n) is 4.14. The first-order valence-electron chi connectivity index (χ1n) is 7.85. The van der Waals surface area contributed by atoms with Gasteiger partial charge in [-0.15, -0.1) is 11.3 Å². The fourth-order valence-electron chi connectivity index (χ4n) is 2.94. The highest BCUT2D eigenvalue weighted by atomic mass is 32.1. The van der Waals surface area contributed by atoms with Gasteiger partial charge < -0.3 is 10.2 Å². The molecular formula is C16H17F3N4OS. The molecule has 1 aliphatic rings. The molecule has 1 atom stereocenters. The van der Waals surface area contributed by atoms with Crippen molar-refractivity contribution in [2.75, 3.05) is 25.0 Å². The van der Waals surface area contributed by atoms with Crippen molar-refractivity contribution in [3.05, 3.63) is 40.0 Å². The molecule has 1 N–H and O–H groups in total. The molecule has 0 spiro atoms. The van der Waals surface area contributed by atoms with Crippen molar-refractivity contribution in [2.24, 2.45) is 0 Å². The summed E-state index contributed by atoms with van der Waals surface area (Å²) in [6, 6.07) is 3.38. The quantitative estimate of drug-likeness (QED) is 0.901. The van der Waals surface area contributed by atoms with Gasteiger partial charge in [0.15, 0.2) is 5.69 Å². The van der Waals surface area contributed by atoms with E-state index in [1.165, 1.54) is 0 Å². The smallest absolute Gasteiger partial charge is 0.355 e. The van der Waals surface area contributed by atoms with E-state index in [-0.39, 0.29) is 11.8 Å². The number of carbonyl (C=O) groups is 1. The SMILES string of the molecule is CNC(=O)c1cccnc1N1CCCC(c2nc(C(F)(F)F)cs2)C1. The third kappa shape index (κ3) is 3.76. The van der Waals surface area contributed by atoms with Gasteiger partial charge in [0.1, 0.15) is 5.82 Å². The zero-order chi connectivity index (χ0) is 18.0. The molecule has 3 heterocycles. The number of halogens is 3. The predicted molar refractivity (Wildman–Crippen MR) is 88.9 cm³/mol. The number of hydrogen-bond acceptors (Lipinski definition) is 5. The maximum absolute atomic E-state index is 12.8. The molecule has 1 saturated heterocycles. The van der Waals surface area contributed by atoms with Gasteiger partial charge in [-0.2, -0.15) is 13.2 Å². The Hall–Kier alpha value is -2.16. The van der Waals surface area contributed by atoms with Gasteiger partial charge in [-0.1, -0.05) is 0 Å². The first-order valence-corrected chi connectivity index (χ1v) is 8.72. The molecule has 134 valence electrons. The molecule has 0 aliphatic carbocycles. The van der Waals surface area contributed by atoms with Crippen LogP contribution >= 0.6 is 11.3 Å². The molecule has 2 aromatic heterocycles. The summed E-state index contributed by atoms with van der Waals surface area (Å²) in [5.74, 6) is 0.215. The molecule has 25 heavy (non-hydrogen) atoms. The van der Waals surface area contributed by atoms with Crippen LogP contribution in [0.1, 0.15) is 39.8 Å². The number of nitrogens with zero attached hydrogens (tertiary/aromatic N) is 3. The number of amides is 1. The molecule has 1 unspecified atom stereocenters. The maximum Gasteiger partial charge on any atom is 0.434 e. The third-order valence-corrected chi connectivity index (χ3v) is 5.15. The molecule has 0 radical (unpaired) electrons. The zero-order valence-electron chi connectivity index (χ0n) is 13.5. The van der Waals surface area contributed by atoms with Crippen LogP contribution in [0, 0.1) is 0 Å². The van der Waals surface area contributed by atoms with E-state index in [0.29, 0.717) is 29.5 Å². The Kier molecular flexibility index (Phi) is 4.94. The number of carbonyl (C=O) groups excluding carboxylic acids is 1. The monoisotopic (exact) mass is 370 g/mol. The summed E-state index contributed by atoms with van der Waals surface area (Å²) < 4.78 is 38.3. The number of piperidine rings is 1. The number of rotatable bonds is 3. The Morgan fingerprint density at radius 1 is 1.44 bits per heavy atom. The largest absolute Gasteiger partial charge is 0.434 e. The van der Waals surface area contributed by atoms with E-state index in [1.54, 1.807) is 25.4 Å². The minimum atomic E-state index is -4.42. The number of pyridine rings is 1. The molecule has 1 amide bonds. The van der Waals surface area contributed by atoms with Crippen molar-refractivity contribution in [1.82, 2.24) is 15.3 Å². The first-order chi connectivity index (χ1) is 11.9. The summed E-state index contributed by atoms with van der Waals surface area (Å²) in [4.78, 5) is 22.1. The van der Waals surface area contributed by atoms with Crippen molar-refractivity contribution in [1.29, 1.82) is 0 Å². The van der Waals surface area contributed by atoms with Crippen LogP contribution in [0.2, 0.25) is 0 Å². The molecule has 0 bridgehead atoms. The van der Waals surface area contributed by atoms with E-state index >= 15 is 0 Å². The van der Waals surface area contributed by atoms with Gasteiger partial charge in [0.2, 0.25) is 0 Å². The molecule has 1 fully saturated rings. The van der Waals surface area contributed by atoms with Crippen LogP contribution in [0.15, 0.2) is 23.7 Å². The average molecular weight is 370 g/mol. The van der Waals surface area contributed by atoms with Gasteiger partial charge in [-0.25, -0.2) is 9.97 Å². The number of aromatic nitrogens is 2. The lowest BCUT2D eigenvalue weighted by Gasteiger charge is -2.33. The number of anilines is 1. The average Bonchev–Trinajstić information content (AvgIpc) is 3.12. The van der Waals surface area contributed by atoms with Crippen LogP contribution in [-0.4, -0.2) is 36.0 Å². The molecule has 5 nitrogen and oxygen atoms in total. The van der Waals surface area contributed by atoms with E-state index in [4.69, 9.17) is 0 Å². The second kappa shape index (κ2) is 6.99. The van der Waals surface area contributed by atoms with Gasteiger partial charge >= 0.3 is 6.18 Å². The summed E-state index contributed by atoms with van der Waals surface area (Å²) in [5, 5.41) is 4.12. The maximum atomic E-state index is 12.8. The predicted octanol–water partition coefficient (Wildman–Crippen LogP) is 3.30. The Balaban J connectivity index is 1.83. The number of thiazole rings is 1. The summed E-state index contributed by atoms with van der Waals surface area (Å²) in [7, 11) is 1.55. The normalized spacial score (nSPS) is 18.2. The van der Waals surface area contributed by atoms with Crippen LogP contribution in [0.5, 0.6) is 0 Å². The highest BCUT2D eigenvalue weighted by Crippen LogP contribution is 2.36. The molecule has 2 aromatic rings. The van der Waals surface area contributed by atoms with Crippen molar-refractivity contribution >= 4 is 23.1 Å². The molecule has 9 heteroatoms. The van der Waals surface area contributed by atoms with Crippen LogP contribution in [0.25, 0.3) is 0 Å². The van der Waals surface area contributed by atoms with Crippen molar-refractivity contribution in [3.8, 4) is 0 Å². The molecule has 3 rings (SSSR count). The lowest BCUT2D eigenvalue weighted by molar-refractivity contribution is -0.140. The van der Waals surface area contributed by atoms with E-state index in [1.807, 2.05) is 4.90 Å². The van der Waals surface area contributed by atoms with Gasteiger partial charge in [0, 0.05) is 37.6 Å². The number of hydrogen-bond donors (Lipinski definition) is 1. The minimum Gasteiger partial charge on any atom is -0.355 e. The van der Waals surface area contributed by atoms with Crippen LogP contribution < -0.4 is 10.2 Å². The van der Waals surface area contributed by atoms with E-state index in [0.717, 1.165) is 29.6 Å². The van der Waals surface area contributed by atoms with Crippen molar-refractivity contribution < 1.29 is 18.0 Å². The van der Waals surface area contributed by atoms with E-state index < -0.39 is 11.9 Å². The van der Waals surface area contributed by atoms with Gasteiger partial charge in [0.25, 0.3) is 5.91 Å².